The number of aromatic nitrogens is 1. The molecule has 0 amide bonds. The molecule has 0 spiro atoms. The molecule has 1 aromatic rings. The summed E-state index contributed by atoms with van der Waals surface area (Å²) in [6.45, 7) is 3.21. The molecule has 0 aliphatic carbocycles. The third kappa shape index (κ3) is 1.67. The molecule has 0 radical (unpaired) electrons. The van der Waals surface area contributed by atoms with Gasteiger partial charge in [0.15, 0.2) is 0 Å². The van der Waals surface area contributed by atoms with Crippen molar-refractivity contribution in [2.75, 3.05) is 6.54 Å². The van der Waals surface area contributed by atoms with Crippen molar-refractivity contribution in [3.8, 4) is 0 Å². The van der Waals surface area contributed by atoms with E-state index in [4.69, 9.17) is 0 Å². The lowest BCUT2D eigenvalue weighted by Gasteiger charge is -2.21. The van der Waals surface area contributed by atoms with Gasteiger partial charge in [0.1, 0.15) is 5.01 Å². The largest absolute Gasteiger partial charge is 0.308 e. The van der Waals surface area contributed by atoms with Gasteiger partial charge in [0.2, 0.25) is 0 Å². The van der Waals surface area contributed by atoms with Gasteiger partial charge >= 0.3 is 0 Å². The highest BCUT2D eigenvalue weighted by atomic mass is 32.1. The summed E-state index contributed by atoms with van der Waals surface area (Å²) in [6, 6.07) is 0.539. The lowest BCUT2D eigenvalue weighted by molar-refractivity contribution is 0.411. The average Bonchev–Trinajstić information content (AvgIpc) is 2.54. The number of nitrogens with one attached hydrogen (secondary N) is 1. The molecule has 0 saturated carbocycles. The van der Waals surface area contributed by atoms with Gasteiger partial charge in [0.25, 0.3) is 0 Å². The zero-order valence-electron chi connectivity index (χ0n) is 7.34. The number of hydrogen-bond donors (Lipinski definition) is 1. The molecule has 66 valence electrons. The number of piperidine rings is 1. The van der Waals surface area contributed by atoms with Gasteiger partial charge in [-0.15, -0.1) is 11.3 Å². The standard InChI is InChI=1S/C9H14N2S/c1-7-6-12-9(11-7)8-4-2-3-5-10-8/h6,8,10H,2-5H2,1H3. The quantitative estimate of drug-likeness (QED) is 0.720. The minimum atomic E-state index is 0.539. The number of nitrogens with zero attached hydrogens (tertiary/aromatic N) is 1. The van der Waals surface area contributed by atoms with E-state index < -0.39 is 0 Å². The molecule has 1 fully saturated rings. The topological polar surface area (TPSA) is 24.9 Å². The van der Waals surface area contributed by atoms with Gasteiger partial charge < -0.3 is 5.32 Å². The molecule has 1 N–H and O–H groups in total. The lowest BCUT2D eigenvalue weighted by atomic mass is 10.1. The monoisotopic (exact) mass is 182 g/mol. The van der Waals surface area contributed by atoms with Gasteiger partial charge in [-0.25, -0.2) is 4.98 Å². The highest BCUT2D eigenvalue weighted by Gasteiger charge is 2.16. The van der Waals surface area contributed by atoms with Crippen molar-refractivity contribution in [2.45, 2.75) is 32.2 Å². The minimum Gasteiger partial charge on any atom is -0.308 e. The highest BCUT2D eigenvalue weighted by molar-refractivity contribution is 7.09. The van der Waals surface area contributed by atoms with Crippen molar-refractivity contribution in [1.29, 1.82) is 0 Å². The predicted octanol–water partition coefficient (Wildman–Crippen LogP) is 2.27. The van der Waals surface area contributed by atoms with Crippen LogP contribution in [0.1, 0.15) is 36.0 Å². The second-order valence-corrected chi connectivity index (χ2v) is 4.22. The van der Waals surface area contributed by atoms with E-state index in [-0.39, 0.29) is 0 Å². The van der Waals surface area contributed by atoms with E-state index in [0.717, 1.165) is 12.2 Å². The average molecular weight is 182 g/mol. The van der Waals surface area contributed by atoms with Crippen LogP contribution in [0.15, 0.2) is 5.38 Å². The summed E-state index contributed by atoms with van der Waals surface area (Å²) in [5.41, 5.74) is 1.15. The van der Waals surface area contributed by atoms with Gasteiger partial charge in [0, 0.05) is 11.1 Å². The Morgan fingerprint density at radius 2 is 2.50 bits per heavy atom. The van der Waals surface area contributed by atoms with Gasteiger partial charge in [-0.05, 0) is 26.3 Å². The van der Waals surface area contributed by atoms with Crippen LogP contribution in [0, 0.1) is 6.92 Å². The fourth-order valence-corrected chi connectivity index (χ4v) is 2.50. The summed E-state index contributed by atoms with van der Waals surface area (Å²) in [4.78, 5) is 4.49. The zero-order chi connectivity index (χ0) is 8.39. The summed E-state index contributed by atoms with van der Waals surface area (Å²) in [7, 11) is 0. The van der Waals surface area contributed by atoms with E-state index in [1.165, 1.54) is 24.3 Å². The normalized spacial score (nSPS) is 24.2. The number of aryl methyl sites for hydroxylation is 1. The van der Waals surface area contributed by atoms with Crippen LogP contribution in [0.5, 0.6) is 0 Å². The van der Waals surface area contributed by atoms with Crippen molar-refractivity contribution >= 4 is 11.3 Å². The summed E-state index contributed by atoms with van der Waals surface area (Å²) >= 11 is 1.78. The van der Waals surface area contributed by atoms with E-state index in [0.29, 0.717) is 6.04 Å². The Hall–Kier alpha value is -0.410. The second kappa shape index (κ2) is 3.54. The van der Waals surface area contributed by atoms with Crippen LogP contribution in [0.2, 0.25) is 0 Å². The van der Waals surface area contributed by atoms with E-state index in [2.05, 4.69) is 22.6 Å². The van der Waals surface area contributed by atoms with Crippen molar-refractivity contribution in [3.05, 3.63) is 16.1 Å². The summed E-state index contributed by atoms with van der Waals surface area (Å²) < 4.78 is 0. The molecule has 0 bridgehead atoms. The molecule has 2 rings (SSSR count). The van der Waals surface area contributed by atoms with Crippen molar-refractivity contribution < 1.29 is 0 Å². The Balaban J connectivity index is 2.08. The molecule has 0 aromatic carbocycles. The smallest absolute Gasteiger partial charge is 0.110 e. The maximum Gasteiger partial charge on any atom is 0.110 e. The van der Waals surface area contributed by atoms with Crippen LogP contribution in [0.25, 0.3) is 0 Å². The van der Waals surface area contributed by atoms with E-state index in [1.807, 2.05) is 0 Å². The van der Waals surface area contributed by atoms with Crippen LogP contribution >= 0.6 is 11.3 Å². The molecule has 1 aliphatic heterocycles. The van der Waals surface area contributed by atoms with Crippen LogP contribution in [0.3, 0.4) is 0 Å². The first-order valence-electron chi connectivity index (χ1n) is 4.51. The Bertz CT molecular complexity index is 251. The van der Waals surface area contributed by atoms with Crippen LogP contribution in [-0.4, -0.2) is 11.5 Å². The molecule has 2 heterocycles. The third-order valence-corrected chi connectivity index (χ3v) is 3.32. The van der Waals surface area contributed by atoms with Crippen molar-refractivity contribution in [3.63, 3.8) is 0 Å². The molecule has 1 unspecified atom stereocenters. The van der Waals surface area contributed by atoms with Gasteiger partial charge in [0.05, 0.1) is 6.04 Å². The first kappa shape index (κ1) is 8.20. The Morgan fingerprint density at radius 1 is 1.58 bits per heavy atom. The SMILES string of the molecule is Cc1csc(C2CCCCN2)n1. The molecule has 1 atom stereocenters. The molecule has 1 aliphatic rings. The van der Waals surface area contributed by atoms with Crippen LogP contribution < -0.4 is 5.32 Å². The van der Waals surface area contributed by atoms with Crippen LogP contribution in [0.4, 0.5) is 0 Å². The molecule has 1 saturated heterocycles. The number of thiazole rings is 1. The maximum absolute atomic E-state index is 4.49. The highest BCUT2D eigenvalue weighted by Crippen LogP contribution is 2.25. The Morgan fingerprint density at radius 3 is 3.08 bits per heavy atom. The third-order valence-electron chi connectivity index (χ3n) is 2.25. The summed E-state index contributed by atoms with van der Waals surface area (Å²) in [6.07, 6.45) is 3.92. The Labute approximate surface area is 77.0 Å². The maximum atomic E-state index is 4.49. The van der Waals surface area contributed by atoms with E-state index >= 15 is 0 Å². The molecular formula is C9H14N2S. The number of hydrogen-bond acceptors (Lipinski definition) is 3. The fourth-order valence-electron chi connectivity index (χ4n) is 1.59. The number of rotatable bonds is 1. The predicted molar refractivity (Wildman–Crippen MR) is 51.4 cm³/mol. The summed E-state index contributed by atoms with van der Waals surface area (Å²) in [5.74, 6) is 0. The first-order chi connectivity index (χ1) is 5.86. The zero-order valence-corrected chi connectivity index (χ0v) is 8.16. The minimum absolute atomic E-state index is 0.539. The lowest BCUT2D eigenvalue weighted by Crippen LogP contribution is -2.26. The van der Waals surface area contributed by atoms with Gasteiger partial charge in [-0.2, -0.15) is 0 Å². The van der Waals surface area contributed by atoms with Crippen LogP contribution in [-0.2, 0) is 0 Å². The molecule has 2 nitrogen and oxygen atoms in total. The summed E-state index contributed by atoms with van der Waals surface area (Å²) in [5, 5.41) is 6.90. The fraction of sp³-hybridized carbons (Fsp3) is 0.667. The molecule has 3 heteroatoms. The van der Waals surface area contributed by atoms with E-state index in [1.54, 1.807) is 11.3 Å². The van der Waals surface area contributed by atoms with E-state index in [9.17, 15) is 0 Å². The van der Waals surface area contributed by atoms with Gasteiger partial charge in [-0.3, -0.25) is 0 Å². The second-order valence-electron chi connectivity index (χ2n) is 3.33. The molecular weight excluding hydrogens is 168 g/mol. The first-order valence-corrected chi connectivity index (χ1v) is 5.39. The molecule has 1 aromatic heterocycles. The van der Waals surface area contributed by atoms with Crippen molar-refractivity contribution in [1.82, 2.24) is 10.3 Å². The molecule has 12 heavy (non-hydrogen) atoms. The van der Waals surface area contributed by atoms with Crippen molar-refractivity contribution in [2.24, 2.45) is 0 Å². The Kier molecular flexibility index (Phi) is 2.42. The van der Waals surface area contributed by atoms with Gasteiger partial charge in [-0.1, -0.05) is 6.42 Å².